The first kappa shape index (κ1) is 16.1. The molecular formula is C19H23N3O3. The van der Waals surface area contributed by atoms with Crippen LogP contribution >= 0.6 is 0 Å². The number of anilines is 1. The van der Waals surface area contributed by atoms with E-state index in [4.69, 9.17) is 9.15 Å². The van der Waals surface area contributed by atoms with E-state index < -0.39 is 0 Å². The van der Waals surface area contributed by atoms with Crippen molar-refractivity contribution in [3.63, 3.8) is 0 Å². The summed E-state index contributed by atoms with van der Waals surface area (Å²) in [5.41, 5.74) is -0.233. The molecule has 0 aliphatic carbocycles. The minimum atomic E-state index is -0.233. The molecule has 0 bridgehead atoms. The molecule has 6 nitrogen and oxygen atoms in total. The van der Waals surface area contributed by atoms with Gasteiger partial charge in [-0.15, -0.1) is 0 Å². The van der Waals surface area contributed by atoms with Crippen molar-refractivity contribution in [2.24, 2.45) is 0 Å². The van der Waals surface area contributed by atoms with Crippen LogP contribution in [0.3, 0.4) is 0 Å². The van der Waals surface area contributed by atoms with Crippen molar-refractivity contribution in [2.75, 3.05) is 25.0 Å². The van der Waals surface area contributed by atoms with E-state index in [0.29, 0.717) is 31.4 Å². The summed E-state index contributed by atoms with van der Waals surface area (Å²) in [5.74, 6) is 1.72. The molecule has 2 aliphatic heterocycles. The van der Waals surface area contributed by atoms with Crippen LogP contribution in [0.1, 0.15) is 25.0 Å². The number of hydrogen-bond acceptors (Lipinski definition) is 5. The molecule has 4 heterocycles. The van der Waals surface area contributed by atoms with Gasteiger partial charge in [-0.3, -0.25) is 4.79 Å². The second-order valence-corrected chi connectivity index (χ2v) is 6.90. The van der Waals surface area contributed by atoms with Crippen molar-refractivity contribution in [3.05, 3.63) is 48.6 Å². The van der Waals surface area contributed by atoms with E-state index in [2.05, 4.69) is 10.3 Å². The quantitative estimate of drug-likeness (QED) is 0.925. The molecule has 4 rings (SSSR count). The fourth-order valence-electron chi connectivity index (χ4n) is 3.82. The fourth-order valence-corrected chi connectivity index (χ4v) is 3.82. The Kier molecular flexibility index (Phi) is 4.44. The second kappa shape index (κ2) is 6.88. The Morgan fingerprint density at radius 1 is 1.36 bits per heavy atom. The Bertz CT molecular complexity index is 704. The average Bonchev–Trinajstić information content (AvgIpc) is 3.26. The van der Waals surface area contributed by atoms with Gasteiger partial charge in [0.25, 0.3) is 0 Å². The molecule has 132 valence electrons. The lowest BCUT2D eigenvalue weighted by molar-refractivity contribution is -0.132. The lowest BCUT2D eigenvalue weighted by Gasteiger charge is -2.38. The van der Waals surface area contributed by atoms with E-state index in [1.807, 2.05) is 35.2 Å². The minimum absolute atomic E-state index is 0.107. The highest BCUT2D eigenvalue weighted by atomic mass is 16.5. The third kappa shape index (κ3) is 3.69. The molecule has 1 N–H and O–H groups in total. The molecular weight excluding hydrogens is 318 g/mol. The topological polar surface area (TPSA) is 67.6 Å². The van der Waals surface area contributed by atoms with Crippen LogP contribution in [0, 0.1) is 0 Å². The fraction of sp³-hybridized carbons (Fsp3) is 0.474. The van der Waals surface area contributed by atoms with Gasteiger partial charge in [-0.25, -0.2) is 4.98 Å². The van der Waals surface area contributed by atoms with Crippen molar-refractivity contribution in [1.82, 2.24) is 9.88 Å². The van der Waals surface area contributed by atoms with Gasteiger partial charge in [0.1, 0.15) is 11.6 Å². The van der Waals surface area contributed by atoms with Gasteiger partial charge in [-0.05, 0) is 43.5 Å². The molecule has 2 aromatic rings. The number of aromatic nitrogens is 1. The Morgan fingerprint density at radius 3 is 3.12 bits per heavy atom. The maximum atomic E-state index is 12.5. The van der Waals surface area contributed by atoms with Gasteiger partial charge in [0.05, 0.1) is 18.3 Å². The largest absolute Gasteiger partial charge is 0.469 e. The summed E-state index contributed by atoms with van der Waals surface area (Å²) >= 11 is 0. The number of pyridine rings is 1. The Morgan fingerprint density at radius 2 is 2.32 bits per heavy atom. The minimum Gasteiger partial charge on any atom is -0.469 e. The van der Waals surface area contributed by atoms with E-state index in [1.165, 1.54) is 0 Å². The number of amides is 1. The van der Waals surface area contributed by atoms with Crippen LogP contribution in [0.4, 0.5) is 5.82 Å². The van der Waals surface area contributed by atoms with E-state index in [9.17, 15) is 4.79 Å². The van der Waals surface area contributed by atoms with Crippen LogP contribution in [0.2, 0.25) is 0 Å². The number of hydrogen-bond donors (Lipinski definition) is 1. The Hall–Kier alpha value is -2.34. The highest BCUT2D eigenvalue weighted by molar-refractivity contribution is 5.78. The first-order valence-corrected chi connectivity index (χ1v) is 8.84. The SMILES string of the molecule is O=C(Cc1ccco1)N1CC[C@@]2(C[C@H](Nc3ccccn3)CCO2)C1. The van der Waals surface area contributed by atoms with Crippen LogP contribution in [-0.2, 0) is 16.0 Å². The van der Waals surface area contributed by atoms with Crippen molar-refractivity contribution >= 4 is 11.7 Å². The molecule has 2 fully saturated rings. The van der Waals surface area contributed by atoms with Crippen LogP contribution in [0.25, 0.3) is 0 Å². The van der Waals surface area contributed by atoms with Crippen molar-refractivity contribution < 1.29 is 13.9 Å². The van der Waals surface area contributed by atoms with Gasteiger partial charge in [0, 0.05) is 31.9 Å². The normalized spacial score (nSPS) is 26.1. The summed E-state index contributed by atoms with van der Waals surface area (Å²) in [6, 6.07) is 9.85. The lowest BCUT2D eigenvalue weighted by atomic mass is 9.89. The van der Waals surface area contributed by atoms with Gasteiger partial charge < -0.3 is 19.4 Å². The predicted octanol–water partition coefficient (Wildman–Crippen LogP) is 2.48. The monoisotopic (exact) mass is 341 g/mol. The van der Waals surface area contributed by atoms with Gasteiger partial charge in [0.15, 0.2) is 0 Å². The van der Waals surface area contributed by atoms with Gasteiger partial charge >= 0.3 is 0 Å². The maximum Gasteiger partial charge on any atom is 0.230 e. The average molecular weight is 341 g/mol. The number of nitrogens with zero attached hydrogens (tertiary/aromatic N) is 2. The van der Waals surface area contributed by atoms with Gasteiger partial charge in [0.2, 0.25) is 5.91 Å². The zero-order valence-corrected chi connectivity index (χ0v) is 14.2. The lowest BCUT2D eigenvalue weighted by Crippen LogP contribution is -2.47. The second-order valence-electron chi connectivity index (χ2n) is 6.90. The third-order valence-electron chi connectivity index (χ3n) is 5.08. The number of carbonyl (C=O) groups is 1. The number of carbonyl (C=O) groups excluding carboxylic acids is 1. The number of furan rings is 1. The molecule has 2 aliphatic rings. The molecule has 2 saturated heterocycles. The summed E-state index contributed by atoms with van der Waals surface area (Å²) in [6.07, 6.45) is 6.46. The zero-order valence-electron chi connectivity index (χ0n) is 14.2. The van der Waals surface area contributed by atoms with Crippen LogP contribution in [0.5, 0.6) is 0 Å². The molecule has 0 aromatic carbocycles. The van der Waals surface area contributed by atoms with E-state index in [-0.39, 0.29) is 11.5 Å². The van der Waals surface area contributed by atoms with E-state index in [0.717, 1.165) is 31.6 Å². The Balaban J connectivity index is 1.36. The summed E-state index contributed by atoms with van der Waals surface area (Å²) in [5, 5.41) is 3.50. The van der Waals surface area contributed by atoms with Crippen molar-refractivity contribution in [1.29, 1.82) is 0 Å². The maximum absolute atomic E-state index is 12.5. The number of likely N-dealkylation sites (tertiary alicyclic amines) is 1. The highest BCUT2D eigenvalue weighted by Crippen LogP contribution is 2.35. The number of nitrogens with one attached hydrogen (secondary N) is 1. The summed E-state index contributed by atoms with van der Waals surface area (Å²) in [6.45, 7) is 2.12. The van der Waals surface area contributed by atoms with Crippen molar-refractivity contribution in [2.45, 2.75) is 37.3 Å². The number of rotatable bonds is 4. The molecule has 6 heteroatoms. The van der Waals surface area contributed by atoms with Crippen LogP contribution in [0.15, 0.2) is 47.2 Å². The van der Waals surface area contributed by atoms with E-state index >= 15 is 0 Å². The summed E-state index contributed by atoms with van der Waals surface area (Å²) < 4.78 is 11.4. The van der Waals surface area contributed by atoms with Gasteiger partial charge in [-0.1, -0.05) is 6.07 Å². The number of ether oxygens (including phenoxy) is 1. The van der Waals surface area contributed by atoms with Crippen LogP contribution < -0.4 is 5.32 Å². The highest BCUT2D eigenvalue weighted by Gasteiger charge is 2.44. The summed E-state index contributed by atoms with van der Waals surface area (Å²) in [4.78, 5) is 18.8. The molecule has 25 heavy (non-hydrogen) atoms. The molecule has 0 unspecified atom stereocenters. The zero-order chi connectivity index (χ0) is 17.1. The smallest absolute Gasteiger partial charge is 0.230 e. The molecule has 2 atom stereocenters. The third-order valence-corrected chi connectivity index (χ3v) is 5.08. The Labute approximate surface area is 147 Å². The van der Waals surface area contributed by atoms with Crippen LogP contribution in [-0.4, -0.2) is 47.1 Å². The van der Waals surface area contributed by atoms with Gasteiger partial charge in [-0.2, -0.15) is 0 Å². The standard InChI is InChI=1S/C19H23N3O3/c23-18(12-16-4-3-10-24-16)22-9-7-19(14-22)13-15(6-11-25-19)21-17-5-1-2-8-20-17/h1-5,8,10,15H,6-7,9,11-14H2,(H,20,21)/t15-,19-/m1/s1. The van der Waals surface area contributed by atoms with E-state index in [1.54, 1.807) is 12.5 Å². The molecule has 0 saturated carbocycles. The first-order valence-electron chi connectivity index (χ1n) is 8.84. The van der Waals surface area contributed by atoms with Crippen molar-refractivity contribution in [3.8, 4) is 0 Å². The summed E-state index contributed by atoms with van der Waals surface area (Å²) in [7, 11) is 0. The predicted molar refractivity (Wildman–Crippen MR) is 93.2 cm³/mol. The molecule has 1 spiro atoms. The molecule has 1 amide bonds. The molecule has 2 aromatic heterocycles. The first-order chi connectivity index (χ1) is 12.2. The molecule has 0 radical (unpaired) electrons.